The molecule has 17 heavy (non-hydrogen) atoms. The van der Waals surface area contributed by atoms with E-state index in [9.17, 15) is 13.9 Å². The predicted molar refractivity (Wildman–Crippen MR) is 61.5 cm³/mol. The maximum atomic E-state index is 13.0. The van der Waals surface area contributed by atoms with Gasteiger partial charge in [0.1, 0.15) is 0 Å². The molecule has 0 atom stereocenters. The summed E-state index contributed by atoms with van der Waals surface area (Å²) in [7, 11) is 0. The van der Waals surface area contributed by atoms with Crippen LogP contribution in [0.1, 0.15) is 31.2 Å². The molecule has 1 saturated carbocycles. The minimum absolute atomic E-state index is 0.0939. The highest BCUT2D eigenvalue weighted by molar-refractivity contribution is 5.18. The van der Waals surface area contributed by atoms with Crippen molar-refractivity contribution in [1.29, 1.82) is 0 Å². The molecule has 0 bridgehead atoms. The van der Waals surface area contributed by atoms with Crippen molar-refractivity contribution in [3.8, 4) is 0 Å². The fourth-order valence-corrected chi connectivity index (χ4v) is 2.38. The summed E-state index contributed by atoms with van der Waals surface area (Å²) in [5.41, 5.74) is 0.467. The molecule has 0 heterocycles. The summed E-state index contributed by atoms with van der Waals surface area (Å²) in [4.78, 5) is 0. The predicted octanol–water partition coefficient (Wildman–Crippen LogP) is 2.36. The van der Waals surface area contributed by atoms with Crippen molar-refractivity contribution in [2.24, 2.45) is 0 Å². The first-order chi connectivity index (χ1) is 8.15. The summed E-state index contributed by atoms with van der Waals surface area (Å²) in [6, 6.07) is 3.89. The van der Waals surface area contributed by atoms with E-state index in [-0.39, 0.29) is 12.1 Å². The van der Waals surface area contributed by atoms with Gasteiger partial charge in [-0.1, -0.05) is 18.9 Å². The molecule has 0 radical (unpaired) electrons. The lowest BCUT2D eigenvalue weighted by Crippen LogP contribution is -2.45. The Kier molecular flexibility index (Phi) is 3.74. The van der Waals surface area contributed by atoms with Crippen LogP contribution in [0.25, 0.3) is 0 Å². The summed E-state index contributed by atoms with van der Waals surface area (Å²) >= 11 is 0. The van der Waals surface area contributed by atoms with E-state index in [0.717, 1.165) is 31.7 Å². The van der Waals surface area contributed by atoms with Crippen LogP contribution in [-0.2, 0) is 6.54 Å². The van der Waals surface area contributed by atoms with Crippen LogP contribution < -0.4 is 5.32 Å². The van der Waals surface area contributed by atoms with Crippen LogP contribution in [0.15, 0.2) is 18.2 Å². The molecule has 2 nitrogen and oxygen atoms in total. The lowest BCUT2D eigenvalue weighted by molar-refractivity contribution is 0.163. The second-order valence-corrected chi connectivity index (χ2v) is 4.75. The number of nitrogens with one attached hydrogen (secondary N) is 1. The zero-order valence-electron chi connectivity index (χ0n) is 9.68. The highest BCUT2D eigenvalue weighted by atomic mass is 19.2. The van der Waals surface area contributed by atoms with E-state index in [4.69, 9.17) is 0 Å². The second-order valence-electron chi connectivity index (χ2n) is 4.75. The third-order valence-corrected chi connectivity index (χ3v) is 3.51. The Labute approximate surface area is 99.7 Å². The van der Waals surface area contributed by atoms with Crippen molar-refractivity contribution in [2.75, 3.05) is 6.61 Å². The molecule has 1 fully saturated rings. The SMILES string of the molecule is OCC1(NCc2ccc(F)c(F)c2)CCCC1. The van der Waals surface area contributed by atoms with Gasteiger partial charge in [-0.2, -0.15) is 0 Å². The van der Waals surface area contributed by atoms with E-state index in [1.165, 1.54) is 6.07 Å². The van der Waals surface area contributed by atoms with Crippen molar-refractivity contribution in [3.05, 3.63) is 35.4 Å². The Bertz CT molecular complexity index is 389. The second kappa shape index (κ2) is 5.10. The Balaban J connectivity index is 1.99. The molecule has 2 N–H and O–H groups in total. The van der Waals surface area contributed by atoms with Crippen LogP contribution in [0.5, 0.6) is 0 Å². The molecular formula is C13H17F2NO. The van der Waals surface area contributed by atoms with Crippen LogP contribution in [0.3, 0.4) is 0 Å². The average molecular weight is 241 g/mol. The first-order valence-corrected chi connectivity index (χ1v) is 5.95. The first-order valence-electron chi connectivity index (χ1n) is 5.95. The molecule has 2 rings (SSSR count). The summed E-state index contributed by atoms with van der Waals surface area (Å²) in [6.45, 7) is 0.550. The molecule has 1 aromatic rings. The smallest absolute Gasteiger partial charge is 0.159 e. The minimum Gasteiger partial charge on any atom is -0.394 e. The number of aliphatic hydroxyl groups excluding tert-OH is 1. The largest absolute Gasteiger partial charge is 0.394 e. The maximum absolute atomic E-state index is 13.0. The van der Waals surface area contributed by atoms with Gasteiger partial charge in [-0.25, -0.2) is 8.78 Å². The molecule has 1 aliphatic carbocycles. The van der Waals surface area contributed by atoms with Crippen molar-refractivity contribution in [3.63, 3.8) is 0 Å². The van der Waals surface area contributed by atoms with Gasteiger partial charge in [-0.15, -0.1) is 0 Å². The summed E-state index contributed by atoms with van der Waals surface area (Å²) in [5.74, 6) is -1.65. The van der Waals surface area contributed by atoms with Gasteiger partial charge in [0.25, 0.3) is 0 Å². The van der Waals surface area contributed by atoms with Crippen molar-refractivity contribution in [2.45, 2.75) is 37.8 Å². The Morgan fingerprint density at radius 2 is 1.88 bits per heavy atom. The van der Waals surface area contributed by atoms with Crippen molar-refractivity contribution in [1.82, 2.24) is 5.32 Å². The normalized spacial score (nSPS) is 18.5. The molecule has 1 aromatic carbocycles. The molecule has 0 unspecified atom stereocenters. The van der Waals surface area contributed by atoms with E-state index in [2.05, 4.69) is 5.32 Å². The number of hydrogen-bond acceptors (Lipinski definition) is 2. The molecule has 0 aliphatic heterocycles. The summed E-state index contributed by atoms with van der Waals surface area (Å²) in [6.07, 6.45) is 4.08. The molecular weight excluding hydrogens is 224 g/mol. The van der Waals surface area contributed by atoms with E-state index in [1.54, 1.807) is 6.07 Å². The number of benzene rings is 1. The van der Waals surface area contributed by atoms with Crippen LogP contribution in [-0.4, -0.2) is 17.3 Å². The Hall–Kier alpha value is -1.00. The molecule has 0 amide bonds. The summed E-state index contributed by atoms with van der Waals surface area (Å²) < 4.78 is 25.8. The molecule has 94 valence electrons. The van der Waals surface area contributed by atoms with Gasteiger partial charge >= 0.3 is 0 Å². The third kappa shape index (κ3) is 2.82. The number of aliphatic hydroxyl groups is 1. The standard InChI is InChI=1S/C13H17F2NO/c14-11-4-3-10(7-12(11)15)8-16-13(9-17)5-1-2-6-13/h3-4,7,16-17H,1-2,5-6,8-9H2. The van der Waals surface area contributed by atoms with E-state index < -0.39 is 11.6 Å². The van der Waals surface area contributed by atoms with Crippen LogP contribution in [0.4, 0.5) is 8.78 Å². The Morgan fingerprint density at radius 3 is 2.47 bits per heavy atom. The number of rotatable bonds is 4. The third-order valence-electron chi connectivity index (χ3n) is 3.51. The van der Waals surface area contributed by atoms with E-state index in [0.29, 0.717) is 12.1 Å². The average Bonchev–Trinajstić information content (AvgIpc) is 2.80. The lowest BCUT2D eigenvalue weighted by atomic mass is 9.98. The molecule has 1 aliphatic rings. The summed E-state index contributed by atoms with van der Waals surface area (Å²) in [5, 5.41) is 12.7. The van der Waals surface area contributed by atoms with E-state index in [1.807, 2.05) is 0 Å². The van der Waals surface area contributed by atoms with Crippen LogP contribution in [0.2, 0.25) is 0 Å². The van der Waals surface area contributed by atoms with Gasteiger partial charge in [-0.3, -0.25) is 0 Å². The van der Waals surface area contributed by atoms with Gasteiger partial charge < -0.3 is 10.4 Å². The zero-order valence-corrected chi connectivity index (χ0v) is 9.68. The number of halogens is 2. The van der Waals surface area contributed by atoms with Crippen LogP contribution >= 0.6 is 0 Å². The fourth-order valence-electron chi connectivity index (χ4n) is 2.38. The highest BCUT2D eigenvalue weighted by Gasteiger charge is 2.32. The molecule has 0 aromatic heterocycles. The van der Waals surface area contributed by atoms with Gasteiger partial charge in [0.05, 0.1) is 6.61 Å². The highest BCUT2D eigenvalue weighted by Crippen LogP contribution is 2.29. The van der Waals surface area contributed by atoms with Crippen molar-refractivity contribution < 1.29 is 13.9 Å². The fraction of sp³-hybridized carbons (Fsp3) is 0.538. The monoisotopic (exact) mass is 241 g/mol. The van der Waals surface area contributed by atoms with Crippen molar-refractivity contribution >= 4 is 0 Å². The molecule has 4 heteroatoms. The van der Waals surface area contributed by atoms with Gasteiger partial charge in [0.15, 0.2) is 11.6 Å². The minimum atomic E-state index is -0.827. The quantitative estimate of drug-likeness (QED) is 0.848. The van der Waals surface area contributed by atoms with Gasteiger partial charge in [-0.05, 0) is 30.5 Å². The number of hydrogen-bond donors (Lipinski definition) is 2. The molecule has 0 spiro atoms. The zero-order chi connectivity index (χ0) is 12.3. The van der Waals surface area contributed by atoms with Gasteiger partial charge in [0.2, 0.25) is 0 Å². The van der Waals surface area contributed by atoms with Gasteiger partial charge in [0, 0.05) is 12.1 Å². The first kappa shape index (κ1) is 12.5. The maximum Gasteiger partial charge on any atom is 0.159 e. The van der Waals surface area contributed by atoms with E-state index >= 15 is 0 Å². The Morgan fingerprint density at radius 1 is 1.18 bits per heavy atom. The lowest BCUT2D eigenvalue weighted by Gasteiger charge is -2.28. The van der Waals surface area contributed by atoms with Crippen LogP contribution in [0, 0.1) is 11.6 Å². The topological polar surface area (TPSA) is 32.3 Å². The molecule has 0 saturated heterocycles.